The maximum Gasteiger partial charge on any atom is 0.261 e. The van der Waals surface area contributed by atoms with E-state index in [-0.39, 0.29) is 30.1 Å². The van der Waals surface area contributed by atoms with Gasteiger partial charge in [-0.05, 0) is 61.2 Å². The summed E-state index contributed by atoms with van der Waals surface area (Å²) in [6.45, 7) is 4.15. The summed E-state index contributed by atoms with van der Waals surface area (Å²) in [5, 5.41) is 0. The molecule has 1 saturated heterocycles. The van der Waals surface area contributed by atoms with Crippen molar-refractivity contribution >= 4 is 15.7 Å². The third-order valence-corrected chi connectivity index (χ3v) is 6.79. The van der Waals surface area contributed by atoms with Gasteiger partial charge in [0.2, 0.25) is 0 Å². The van der Waals surface area contributed by atoms with Gasteiger partial charge in [-0.25, -0.2) is 8.42 Å². The molecule has 1 fully saturated rings. The van der Waals surface area contributed by atoms with Crippen LogP contribution in [0.3, 0.4) is 0 Å². The Bertz CT molecular complexity index is 949. The summed E-state index contributed by atoms with van der Waals surface area (Å²) in [5.41, 5.74) is 3.03. The lowest BCUT2D eigenvalue weighted by Gasteiger charge is -2.28. The molecule has 0 spiro atoms. The third-order valence-electron chi connectivity index (χ3n) is 5.04. The first-order chi connectivity index (χ1) is 13.8. The van der Waals surface area contributed by atoms with Gasteiger partial charge in [-0.2, -0.15) is 0 Å². The van der Waals surface area contributed by atoms with Crippen molar-refractivity contribution in [3.8, 4) is 11.5 Å². The second kappa shape index (κ2) is 8.86. The molecule has 6 nitrogen and oxygen atoms in total. The first kappa shape index (κ1) is 21.2. The SMILES string of the molecule is COc1ccc(CN(C(=O)COc2cc(C)cc(C)c2)C2CCS(=O)(=O)C2)cc1. The van der Waals surface area contributed by atoms with E-state index < -0.39 is 9.84 Å². The summed E-state index contributed by atoms with van der Waals surface area (Å²) >= 11 is 0. The number of nitrogens with zero attached hydrogens (tertiary/aromatic N) is 1. The highest BCUT2D eigenvalue weighted by molar-refractivity contribution is 7.91. The van der Waals surface area contributed by atoms with Gasteiger partial charge in [0.05, 0.1) is 18.6 Å². The van der Waals surface area contributed by atoms with Gasteiger partial charge in [-0.15, -0.1) is 0 Å². The Hall–Kier alpha value is -2.54. The van der Waals surface area contributed by atoms with Gasteiger partial charge < -0.3 is 14.4 Å². The quantitative estimate of drug-likeness (QED) is 0.693. The maximum absolute atomic E-state index is 13.0. The van der Waals surface area contributed by atoms with E-state index in [9.17, 15) is 13.2 Å². The zero-order valence-electron chi connectivity index (χ0n) is 17.1. The van der Waals surface area contributed by atoms with Crippen LogP contribution < -0.4 is 9.47 Å². The monoisotopic (exact) mass is 417 g/mol. The molecule has 0 aromatic heterocycles. The predicted octanol–water partition coefficient (Wildman–Crippen LogP) is 2.91. The van der Waals surface area contributed by atoms with Crippen LogP contribution >= 0.6 is 0 Å². The van der Waals surface area contributed by atoms with Gasteiger partial charge >= 0.3 is 0 Å². The number of aryl methyl sites for hydroxylation is 2. The van der Waals surface area contributed by atoms with Crippen molar-refractivity contribution < 1.29 is 22.7 Å². The van der Waals surface area contributed by atoms with Gasteiger partial charge in [-0.1, -0.05) is 18.2 Å². The average Bonchev–Trinajstić information content (AvgIpc) is 3.03. The van der Waals surface area contributed by atoms with E-state index in [1.807, 2.05) is 56.3 Å². The van der Waals surface area contributed by atoms with Crippen molar-refractivity contribution in [2.75, 3.05) is 25.2 Å². The Kier molecular flexibility index (Phi) is 6.47. The zero-order chi connectivity index (χ0) is 21.0. The summed E-state index contributed by atoms with van der Waals surface area (Å²) in [6, 6.07) is 12.9. The number of hydrogen-bond acceptors (Lipinski definition) is 5. The molecule has 1 unspecified atom stereocenters. The highest BCUT2D eigenvalue weighted by Crippen LogP contribution is 2.22. The molecule has 2 aromatic rings. The number of hydrogen-bond donors (Lipinski definition) is 0. The Morgan fingerprint density at radius 3 is 2.28 bits per heavy atom. The highest BCUT2D eigenvalue weighted by atomic mass is 32.2. The van der Waals surface area contributed by atoms with Gasteiger partial charge in [0.1, 0.15) is 11.5 Å². The lowest BCUT2D eigenvalue weighted by molar-refractivity contribution is -0.136. The van der Waals surface area contributed by atoms with Crippen LogP contribution in [0.25, 0.3) is 0 Å². The van der Waals surface area contributed by atoms with E-state index in [4.69, 9.17) is 9.47 Å². The molecule has 29 heavy (non-hydrogen) atoms. The number of carbonyl (C=O) groups excluding carboxylic acids is 1. The minimum atomic E-state index is -3.11. The minimum Gasteiger partial charge on any atom is -0.497 e. The lowest BCUT2D eigenvalue weighted by atomic mass is 10.1. The smallest absolute Gasteiger partial charge is 0.261 e. The van der Waals surface area contributed by atoms with Crippen LogP contribution in [0.5, 0.6) is 11.5 Å². The molecule has 0 aliphatic carbocycles. The molecule has 7 heteroatoms. The van der Waals surface area contributed by atoms with Gasteiger partial charge in [0.15, 0.2) is 16.4 Å². The van der Waals surface area contributed by atoms with Crippen molar-refractivity contribution in [1.82, 2.24) is 4.90 Å². The van der Waals surface area contributed by atoms with Gasteiger partial charge in [-0.3, -0.25) is 4.79 Å². The molecule has 1 amide bonds. The van der Waals surface area contributed by atoms with Crippen LogP contribution in [0, 0.1) is 13.8 Å². The Morgan fingerprint density at radius 1 is 1.07 bits per heavy atom. The Morgan fingerprint density at radius 2 is 1.72 bits per heavy atom. The van der Waals surface area contributed by atoms with Crippen LogP contribution in [0.2, 0.25) is 0 Å². The van der Waals surface area contributed by atoms with Crippen molar-refractivity contribution in [2.45, 2.75) is 32.9 Å². The third kappa shape index (κ3) is 5.73. The molecule has 0 radical (unpaired) electrons. The first-order valence-electron chi connectivity index (χ1n) is 9.60. The summed E-state index contributed by atoms with van der Waals surface area (Å²) in [4.78, 5) is 14.6. The molecule has 0 N–H and O–H groups in total. The van der Waals surface area contributed by atoms with Crippen LogP contribution in [0.15, 0.2) is 42.5 Å². The van der Waals surface area contributed by atoms with Crippen molar-refractivity contribution in [3.63, 3.8) is 0 Å². The summed E-state index contributed by atoms with van der Waals surface area (Å²) < 4.78 is 34.9. The molecule has 3 rings (SSSR count). The van der Waals surface area contributed by atoms with Crippen molar-refractivity contribution in [2.24, 2.45) is 0 Å². The fourth-order valence-corrected chi connectivity index (χ4v) is 5.34. The molecule has 1 heterocycles. The minimum absolute atomic E-state index is 0.00154. The van der Waals surface area contributed by atoms with E-state index in [2.05, 4.69) is 0 Å². The van der Waals surface area contributed by atoms with E-state index in [1.165, 1.54) is 0 Å². The second-order valence-corrected chi connectivity index (χ2v) is 9.77. The maximum atomic E-state index is 13.0. The number of amides is 1. The van der Waals surface area contributed by atoms with Crippen molar-refractivity contribution in [3.05, 3.63) is 59.2 Å². The summed E-state index contributed by atoms with van der Waals surface area (Å²) in [6.07, 6.45) is 0.452. The van der Waals surface area contributed by atoms with Gasteiger partial charge in [0, 0.05) is 12.6 Å². The number of carbonyl (C=O) groups is 1. The van der Waals surface area contributed by atoms with Crippen LogP contribution in [-0.2, 0) is 21.2 Å². The largest absolute Gasteiger partial charge is 0.497 e. The fraction of sp³-hybridized carbons (Fsp3) is 0.409. The topological polar surface area (TPSA) is 72.9 Å². The van der Waals surface area contributed by atoms with Gasteiger partial charge in [0.25, 0.3) is 5.91 Å². The molecule has 2 aromatic carbocycles. The Balaban J connectivity index is 1.74. The number of rotatable bonds is 7. The number of sulfone groups is 1. The Labute approximate surface area is 172 Å². The van der Waals surface area contributed by atoms with Crippen LogP contribution in [-0.4, -0.2) is 50.5 Å². The van der Waals surface area contributed by atoms with E-state index in [0.717, 1.165) is 22.4 Å². The molecule has 1 aliphatic rings. The summed E-state index contributed by atoms with van der Waals surface area (Å²) in [7, 11) is -1.51. The van der Waals surface area contributed by atoms with E-state index in [0.29, 0.717) is 18.7 Å². The molecule has 1 aliphatic heterocycles. The first-order valence-corrected chi connectivity index (χ1v) is 11.4. The van der Waals surface area contributed by atoms with Crippen LogP contribution in [0.4, 0.5) is 0 Å². The van der Waals surface area contributed by atoms with Crippen LogP contribution in [0.1, 0.15) is 23.1 Å². The van der Waals surface area contributed by atoms with E-state index in [1.54, 1.807) is 12.0 Å². The molecule has 0 saturated carbocycles. The average molecular weight is 418 g/mol. The zero-order valence-corrected chi connectivity index (χ0v) is 17.9. The molecule has 0 bridgehead atoms. The molecular formula is C22H27NO5S. The predicted molar refractivity (Wildman–Crippen MR) is 112 cm³/mol. The van der Waals surface area contributed by atoms with E-state index >= 15 is 0 Å². The standard InChI is InChI=1S/C22H27NO5S/c1-16-10-17(2)12-21(11-16)28-14-22(24)23(19-8-9-29(25,26)15-19)13-18-4-6-20(27-3)7-5-18/h4-7,10-12,19H,8-9,13-15H2,1-3H3. The molecule has 156 valence electrons. The number of benzene rings is 2. The highest BCUT2D eigenvalue weighted by Gasteiger charge is 2.34. The van der Waals surface area contributed by atoms with Crippen molar-refractivity contribution in [1.29, 1.82) is 0 Å². The number of ether oxygens (including phenoxy) is 2. The second-order valence-electron chi connectivity index (χ2n) is 7.54. The fourth-order valence-electron chi connectivity index (χ4n) is 3.61. The number of methoxy groups -OCH3 is 1. The molecular weight excluding hydrogens is 390 g/mol. The normalized spacial score (nSPS) is 17.7. The summed E-state index contributed by atoms with van der Waals surface area (Å²) in [5.74, 6) is 1.26. The lowest BCUT2D eigenvalue weighted by Crippen LogP contribution is -2.43. The molecule has 1 atom stereocenters.